The number of hydrogen-bond donors (Lipinski definition) is 4. The summed E-state index contributed by atoms with van der Waals surface area (Å²) in [5, 5.41) is 25.1. The van der Waals surface area contributed by atoms with Crippen LogP contribution in [-0.4, -0.2) is 22.1 Å². The van der Waals surface area contributed by atoms with Crippen LogP contribution < -0.4 is 11.5 Å². The van der Waals surface area contributed by atoms with Crippen molar-refractivity contribution in [3.05, 3.63) is 47.5 Å². The first-order valence-corrected chi connectivity index (χ1v) is 6.06. The summed E-state index contributed by atoms with van der Waals surface area (Å²) in [6, 6.07) is 10.4. The van der Waals surface area contributed by atoms with Gasteiger partial charge in [0.05, 0.1) is 0 Å². The van der Waals surface area contributed by atoms with Crippen LogP contribution in [0.2, 0.25) is 0 Å². The van der Waals surface area contributed by atoms with Crippen LogP contribution in [0.3, 0.4) is 0 Å². The summed E-state index contributed by atoms with van der Waals surface area (Å²) in [6.45, 7) is 0. The molecule has 7 nitrogen and oxygen atoms in total. The lowest BCUT2D eigenvalue weighted by atomic mass is 10.1. The largest absolute Gasteiger partial charge is 0.456 e. The molecule has 0 saturated heterocycles. The fourth-order valence-corrected chi connectivity index (χ4v) is 2.21. The van der Waals surface area contributed by atoms with E-state index in [-0.39, 0.29) is 36.5 Å². The molecule has 6 N–H and O–H groups in total. The standard InChI is InChI=1S/C14H12N4O3.2ClH/c15-13(17-19)7-1-3-11-9(5-7)10-6-8(14(16)18-20)2-4-12(10)21-11;;/h1-6,19-20H,(H2,15,17)(H2,16,18);2*1H. The maximum absolute atomic E-state index is 8.75. The molecule has 3 rings (SSSR count). The lowest BCUT2D eigenvalue weighted by Crippen LogP contribution is -2.12. The molecule has 0 fully saturated rings. The van der Waals surface area contributed by atoms with Gasteiger partial charge in [0.15, 0.2) is 11.7 Å². The second-order valence-electron chi connectivity index (χ2n) is 4.49. The molecule has 1 aromatic heterocycles. The van der Waals surface area contributed by atoms with Gasteiger partial charge in [-0.2, -0.15) is 0 Å². The lowest BCUT2D eigenvalue weighted by Gasteiger charge is -1.99. The molecule has 0 spiro atoms. The van der Waals surface area contributed by atoms with E-state index in [4.69, 9.17) is 26.3 Å². The van der Waals surface area contributed by atoms with Gasteiger partial charge in [-0.3, -0.25) is 0 Å². The summed E-state index contributed by atoms with van der Waals surface area (Å²) in [5.74, 6) is 0.0256. The first-order valence-electron chi connectivity index (χ1n) is 6.06. The van der Waals surface area contributed by atoms with E-state index < -0.39 is 0 Å². The quantitative estimate of drug-likeness (QED) is 0.242. The number of hydrogen-bond acceptors (Lipinski definition) is 5. The second-order valence-corrected chi connectivity index (χ2v) is 4.49. The van der Waals surface area contributed by atoms with Gasteiger partial charge in [0, 0.05) is 21.9 Å². The Hall–Kier alpha value is -2.64. The van der Waals surface area contributed by atoms with Crippen molar-refractivity contribution in [1.82, 2.24) is 0 Å². The lowest BCUT2D eigenvalue weighted by molar-refractivity contribution is 0.318. The minimum atomic E-state index is 0. The molecule has 0 atom stereocenters. The highest BCUT2D eigenvalue weighted by Crippen LogP contribution is 2.30. The number of nitrogens with zero attached hydrogens (tertiary/aromatic N) is 2. The van der Waals surface area contributed by atoms with Crippen LogP contribution in [0.15, 0.2) is 51.1 Å². The number of furan rings is 1. The van der Waals surface area contributed by atoms with Crippen molar-refractivity contribution >= 4 is 58.4 Å². The van der Waals surface area contributed by atoms with Gasteiger partial charge in [0.1, 0.15) is 11.2 Å². The topological polar surface area (TPSA) is 130 Å². The Morgan fingerprint density at radius 3 is 1.52 bits per heavy atom. The Bertz CT molecular complexity index is 833. The summed E-state index contributed by atoms with van der Waals surface area (Å²) in [4.78, 5) is 0. The summed E-state index contributed by atoms with van der Waals surface area (Å²) in [6.07, 6.45) is 0. The predicted octanol–water partition coefficient (Wildman–Crippen LogP) is 2.62. The first kappa shape index (κ1) is 18.4. The van der Waals surface area contributed by atoms with Crippen LogP contribution in [0.5, 0.6) is 0 Å². The zero-order valence-corrected chi connectivity index (χ0v) is 13.3. The third-order valence-electron chi connectivity index (χ3n) is 3.28. The van der Waals surface area contributed by atoms with E-state index >= 15 is 0 Å². The van der Waals surface area contributed by atoms with Crippen molar-refractivity contribution in [2.75, 3.05) is 0 Å². The number of rotatable bonds is 2. The second kappa shape index (κ2) is 7.08. The van der Waals surface area contributed by atoms with Crippen molar-refractivity contribution < 1.29 is 14.8 Å². The average Bonchev–Trinajstić information content (AvgIpc) is 2.90. The van der Waals surface area contributed by atoms with Crippen molar-refractivity contribution in [2.45, 2.75) is 0 Å². The Labute approximate surface area is 143 Å². The molecule has 0 radical (unpaired) electrons. The van der Waals surface area contributed by atoms with E-state index in [1.165, 1.54) is 0 Å². The van der Waals surface area contributed by atoms with E-state index in [9.17, 15) is 0 Å². The zero-order valence-electron chi connectivity index (χ0n) is 11.6. The molecule has 23 heavy (non-hydrogen) atoms. The molecule has 1 heterocycles. The normalized spacial score (nSPS) is 12.0. The van der Waals surface area contributed by atoms with Crippen LogP contribution in [0.1, 0.15) is 11.1 Å². The highest BCUT2D eigenvalue weighted by molar-refractivity contribution is 6.11. The summed E-state index contributed by atoms with van der Waals surface area (Å²) < 4.78 is 5.70. The number of benzene rings is 2. The molecule has 3 aromatic rings. The van der Waals surface area contributed by atoms with E-state index in [0.717, 1.165) is 10.8 Å². The van der Waals surface area contributed by atoms with Gasteiger partial charge in [-0.25, -0.2) is 0 Å². The maximum Gasteiger partial charge on any atom is 0.170 e. The highest BCUT2D eigenvalue weighted by Gasteiger charge is 2.11. The van der Waals surface area contributed by atoms with Crippen LogP contribution in [0, 0.1) is 0 Å². The Morgan fingerprint density at radius 1 is 0.783 bits per heavy atom. The van der Waals surface area contributed by atoms with Crippen LogP contribution >= 0.6 is 24.8 Å². The Balaban J connectivity index is 0.00000132. The number of oxime groups is 2. The van der Waals surface area contributed by atoms with E-state index in [1.54, 1.807) is 36.4 Å². The van der Waals surface area contributed by atoms with Crippen LogP contribution in [0.4, 0.5) is 0 Å². The third-order valence-corrected chi connectivity index (χ3v) is 3.28. The molecule has 0 amide bonds. The van der Waals surface area contributed by atoms with E-state index in [2.05, 4.69) is 10.3 Å². The van der Waals surface area contributed by atoms with Gasteiger partial charge in [0.2, 0.25) is 0 Å². The molecule has 2 aromatic carbocycles. The highest BCUT2D eigenvalue weighted by atomic mass is 35.5. The molecule has 0 aliphatic heterocycles. The molecule has 0 bridgehead atoms. The van der Waals surface area contributed by atoms with Crippen molar-refractivity contribution in [3.8, 4) is 0 Å². The summed E-state index contributed by atoms with van der Waals surface area (Å²) >= 11 is 0. The van der Waals surface area contributed by atoms with Crippen LogP contribution in [-0.2, 0) is 0 Å². The minimum absolute atomic E-state index is 0. The van der Waals surface area contributed by atoms with Gasteiger partial charge in [-0.15, -0.1) is 24.8 Å². The van der Waals surface area contributed by atoms with Gasteiger partial charge in [0.25, 0.3) is 0 Å². The van der Waals surface area contributed by atoms with Crippen molar-refractivity contribution in [3.63, 3.8) is 0 Å². The number of fused-ring (bicyclic) bond motifs is 3. The summed E-state index contributed by atoms with van der Waals surface area (Å²) in [7, 11) is 0. The van der Waals surface area contributed by atoms with E-state index in [0.29, 0.717) is 22.3 Å². The molecular formula is C14H14Cl2N4O3. The van der Waals surface area contributed by atoms with Gasteiger partial charge >= 0.3 is 0 Å². The number of halogens is 2. The monoisotopic (exact) mass is 356 g/mol. The van der Waals surface area contributed by atoms with Gasteiger partial charge in [-0.1, -0.05) is 10.3 Å². The molecule has 0 unspecified atom stereocenters. The van der Waals surface area contributed by atoms with Crippen molar-refractivity contribution in [1.29, 1.82) is 0 Å². The van der Waals surface area contributed by atoms with Crippen molar-refractivity contribution in [2.24, 2.45) is 21.8 Å². The fraction of sp³-hybridized carbons (Fsp3) is 0. The Kier molecular flexibility index (Phi) is 5.67. The number of amidine groups is 2. The fourth-order valence-electron chi connectivity index (χ4n) is 2.21. The molecule has 0 aliphatic rings. The molecule has 0 aliphatic carbocycles. The van der Waals surface area contributed by atoms with Crippen LogP contribution in [0.25, 0.3) is 21.9 Å². The van der Waals surface area contributed by atoms with Gasteiger partial charge < -0.3 is 26.3 Å². The molecular weight excluding hydrogens is 343 g/mol. The Morgan fingerprint density at radius 2 is 1.17 bits per heavy atom. The van der Waals surface area contributed by atoms with Gasteiger partial charge in [-0.05, 0) is 36.4 Å². The summed E-state index contributed by atoms with van der Waals surface area (Å²) in [5.41, 5.74) is 13.7. The zero-order chi connectivity index (χ0) is 15.0. The molecule has 0 saturated carbocycles. The first-order chi connectivity index (χ1) is 10.1. The maximum atomic E-state index is 8.75. The molecule has 122 valence electrons. The van der Waals surface area contributed by atoms with E-state index in [1.807, 2.05) is 0 Å². The third kappa shape index (κ3) is 3.10. The molecule has 9 heteroatoms. The smallest absolute Gasteiger partial charge is 0.170 e. The SMILES string of the molecule is Cl.Cl.N/C(=N\O)c1ccc2oc3ccc(/C(N)=N/O)cc3c2c1. The average molecular weight is 357 g/mol. The predicted molar refractivity (Wildman–Crippen MR) is 93.2 cm³/mol. The number of nitrogens with two attached hydrogens (primary N) is 2. The minimum Gasteiger partial charge on any atom is -0.456 e.